The highest BCUT2D eigenvalue weighted by atomic mass is 32.2. The van der Waals surface area contributed by atoms with Gasteiger partial charge in [-0.2, -0.15) is 0 Å². The van der Waals surface area contributed by atoms with Gasteiger partial charge in [0.05, 0.1) is 5.75 Å². The van der Waals surface area contributed by atoms with E-state index >= 15 is 0 Å². The zero-order valence-electron chi connectivity index (χ0n) is 16.5. The number of nitrogens with zero attached hydrogens (tertiary/aromatic N) is 2. The van der Waals surface area contributed by atoms with Gasteiger partial charge in [-0.1, -0.05) is 29.3 Å². The average molecular weight is 384 g/mol. The third-order valence-electron chi connectivity index (χ3n) is 4.80. The third-order valence-corrected chi connectivity index (χ3v) is 5.81. The molecule has 5 heteroatoms. The summed E-state index contributed by atoms with van der Waals surface area (Å²) in [4.78, 5) is 17.0. The fraction of sp³-hybridized carbons (Fsp3) is 0.409. The maximum absolute atomic E-state index is 12.2. The van der Waals surface area contributed by atoms with Gasteiger partial charge >= 0.3 is 0 Å². The molecular weight excluding hydrogens is 354 g/mol. The summed E-state index contributed by atoms with van der Waals surface area (Å²) in [5, 5.41) is 3.00. The molecule has 144 valence electrons. The molecule has 1 aliphatic heterocycles. The predicted octanol–water partition coefficient (Wildman–Crippen LogP) is 3.93. The number of amides is 1. The van der Waals surface area contributed by atoms with Gasteiger partial charge in [0.15, 0.2) is 0 Å². The predicted molar refractivity (Wildman–Crippen MR) is 117 cm³/mol. The number of piperazine rings is 1. The first kappa shape index (κ1) is 19.8. The van der Waals surface area contributed by atoms with Crippen LogP contribution in [-0.2, 0) is 10.5 Å². The molecule has 3 rings (SSSR count). The van der Waals surface area contributed by atoms with E-state index in [1.165, 1.54) is 22.4 Å². The van der Waals surface area contributed by atoms with Crippen LogP contribution >= 0.6 is 11.8 Å². The zero-order chi connectivity index (χ0) is 19.2. The number of anilines is 2. The summed E-state index contributed by atoms with van der Waals surface area (Å²) in [5.74, 6) is 1.38. The summed E-state index contributed by atoms with van der Waals surface area (Å²) in [7, 11) is 2.16. The molecule has 1 heterocycles. The Kier molecular flexibility index (Phi) is 6.80. The molecule has 1 aliphatic rings. The number of nitrogens with one attached hydrogen (secondary N) is 1. The van der Waals surface area contributed by atoms with E-state index < -0.39 is 0 Å². The van der Waals surface area contributed by atoms with Crippen molar-refractivity contribution in [3.8, 4) is 0 Å². The van der Waals surface area contributed by atoms with Crippen LogP contribution < -0.4 is 10.2 Å². The summed E-state index contributed by atoms with van der Waals surface area (Å²) in [6.45, 7) is 8.51. The smallest absolute Gasteiger partial charge is 0.234 e. The van der Waals surface area contributed by atoms with Gasteiger partial charge in [0.2, 0.25) is 5.91 Å². The van der Waals surface area contributed by atoms with Crippen LogP contribution in [0.3, 0.4) is 0 Å². The number of hydrogen-bond acceptors (Lipinski definition) is 4. The molecule has 1 fully saturated rings. The Morgan fingerprint density at radius 1 is 1.00 bits per heavy atom. The fourth-order valence-corrected chi connectivity index (χ4v) is 4.19. The molecule has 2 aromatic carbocycles. The number of rotatable bonds is 6. The summed E-state index contributed by atoms with van der Waals surface area (Å²) in [6.07, 6.45) is 0. The van der Waals surface area contributed by atoms with Gasteiger partial charge in [-0.3, -0.25) is 4.79 Å². The van der Waals surface area contributed by atoms with Crippen LogP contribution in [0.4, 0.5) is 11.4 Å². The molecule has 1 amide bonds. The molecule has 27 heavy (non-hydrogen) atoms. The largest absolute Gasteiger partial charge is 0.369 e. The van der Waals surface area contributed by atoms with E-state index in [4.69, 9.17) is 0 Å². The normalized spacial score (nSPS) is 15.0. The van der Waals surface area contributed by atoms with Gasteiger partial charge in [-0.05, 0) is 50.7 Å². The molecule has 0 unspecified atom stereocenters. The van der Waals surface area contributed by atoms with Crippen molar-refractivity contribution in [1.82, 2.24) is 4.90 Å². The molecule has 1 N–H and O–H groups in total. The molecule has 0 aromatic heterocycles. The lowest BCUT2D eigenvalue weighted by molar-refractivity contribution is -0.113. The lowest BCUT2D eigenvalue weighted by atomic mass is 10.1. The Balaban J connectivity index is 1.45. The minimum atomic E-state index is 0.0525. The SMILES string of the molecule is Cc1cc(C)cc(CSCC(=O)Nc2ccc(N3CCN(C)CC3)cc2)c1. The van der Waals surface area contributed by atoms with Crippen LogP contribution in [0.5, 0.6) is 0 Å². The van der Waals surface area contributed by atoms with Gasteiger partial charge < -0.3 is 15.1 Å². The van der Waals surface area contributed by atoms with Gasteiger partial charge in [0.25, 0.3) is 0 Å². The van der Waals surface area contributed by atoms with E-state index in [0.717, 1.165) is 37.6 Å². The number of hydrogen-bond donors (Lipinski definition) is 1. The van der Waals surface area contributed by atoms with E-state index in [9.17, 15) is 4.79 Å². The highest BCUT2D eigenvalue weighted by Gasteiger charge is 2.14. The maximum Gasteiger partial charge on any atom is 0.234 e. The summed E-state index contributed by atoms with van der Waals surface area (Å²) < 4.78 is 0. The zero-order valence-corrected chi connectivity index (χ0v) is 17.3. The highest BCUT2D eigenvalue weighted by molar-refractivity contribution is 7.99. The lowest BCUT2D eigenvalue weighted by Crippen LogP contribution is -2.44. The average Bonchev–Trinajstić information content (AvgIpc) is 2.62. The third kappa shape index (κ3) is 6.01. The Labute approximate surface area is 166 Å². The monoisotopic (exact) mass is 383 g/mol. The molecule has 1 saturated heterocycles. The van der Waals surface area contributed by atoms with Crippen LogP contribution in [0.25, 0.3) is 0 Å². The Morgan fingerprint density at radius 3 is 2.26 bits per heavy atom. The quantitative estimate of drug-likeness (QED) is 0.820. The summed E-state index contributed by atoms with van der Waals surface area (Å²) in [6, 6.07) is 14.8. The van der Waals surface area contributed by atoms with E-state index in [-0.39, 0.29) is 5.91 Å². The molecule has 0 bridgehead atoms. The molecule has 4 nitrogen and oxygen atoms in total. The van der Waals surface area contributed by atoms with Gasteiger partial charge in [-0.25, -0.2) is 0 Å². The first-order chi connectivity index (χ1) is 13.0. The van der Waals surface area contributed by atoms with Crippen LogP contribution in [-0.4, -0.2) is 49.8 Å². The first-order valence-electron chi connectivity index (χ1n) is 9.48. The van der Waals surface area contributed by atoms with E-state index in [1.54, 1.807) is 11.8 Å². The Bertz CT molecular complexity index is 747. The van der Waals surface area contributed by atoms with Gasteiger partial charge in [0, 0.05) is 43.3 Å². The minimum absolute atomic E-state index is 0.0525. The lowest BCUT2D eigenvalue weighted by Gasteiger charge is -2.34. The highest BCUT2D eigenvalue weighted by Crippen LogP contribution is 2.20. The molecular formula is C22H29N3OS. The standard InChI is InChI=1S/C22H29N3OS/c1-17-12-18(2)14-19(13-17)15-27-16-22(26)23-20-4-6-21(7-5-20)25-10-8-24(3)9-11-25/h4-7,12-14H,8-11,15-16H2,1-3H3,(H,23,26). The number of carbonyl (C=O) groups is 1. The summed E-state index contributed by atoms with van der Waals surface area (Å²) >= 11 is 1.65. The molecule has 0 spiro atoms. The fourth-order valence-electron chi connectivity index (χ4n) is 3.43. The molecule has 0 atom stereocenters. The number of aryl methyl sites for hydroxylation is 2. The Hall–Kier alpha value is -1.98. The van der Waals surface area contributed by atoms with Crippen molar-refractivity contribution in [2.45, 2.75) is 19.6 Å². The maximum atomic E-state index is 12.2. The van der Waals surface area contributed by atoms with Crippen molar-refractivity contribution >= 4 is 29.0 Å². The second kappa shape index (κ2) is 9.29. The van der Waals surface area contributed by atoms with Crippen LogP contribution in [0.15, 0.2) is 42.5 Å². The van der Waals surface area contributed by atoms with Crippen LogP contribution in [0.2, 0.25) is 0 Å². The van der Waals surface area contributed by atoms with Crippen molar-refractivity contribution in [3.05, 3.63) is 59.2 Å². The minimum Gasteiger partial charge on any atom is -0.369 e. The number of likely N-dealkylation sites (N-methyl/N-ethyl adjacent to an activating group) is 1. The second-order valence-corrected chi connectivity index (χ2v) is 8.36. The molecule has 0 saturated carbocycles. The van der Waals surface area contributed by atoms with Gasteiger partial charge in [0.1, 0.15) is 0 Å². The van der Waals surface area contributed by atoms with E-state index in [2.05, 4.69) is 66.3 Å². The molecule has 0 aliphatic carbocycles. The van der Waals surface area contributed by atoms with Crippen molar-refractivity contribution in [2.75, 3.05) is 49.2 Å². The van der Waals surface area contributed by atoms with Crippen molar-refractivity contribution in [2.24, 2.45) is 0 Å². The van der Waals surface area contributed by atoms with Crippen molar-refractivity contribution < 1.29 is 4.79 Å². The van der Waals surface area contributed by atoms with Crippen LogP contribution in [0, 0.1) is 13.8 Å². The van der Waals surface area contributed by atoms with E-state index in [0.29, 0.717) is 5.75 Å². The molecule has 2 aromatic rings. The topological polar surface area (TPSA) is 35.6 Å². The van der Waals surface area contributed by atoms with Crippen molar-refractivity contribution in [3.63, 3.8) is 0 Å². The summed E-state index contributed by atoms with van der Waals surface area (Å²) in [5.41, 5.74) is 5.92. The number of carbonyl (C=O) groups excluding carboxylic acids is 1. The second-order valence-electron chi connectivity index (χ2n) is 7.37. The number of thioether (sulfide) groups is 1. The van der Waals surface area contributed by atoms with Gasteiger partial charge in [-0.15, -0.1) is 11.8 Å². The molecule has 0 radical (unpaired) electrons. The van der Waals surface area contributed by atoms with E-state index in [1.807, 2.05) is 12.1 Å². The Morgan fingerprint density at radius 2 is 1.63 bits per heavy atom. The first-order valence-corrected chi connectivity index (χ1v) is 10.6. The van der Waals surface area contributed by atoms with Crippen LogP contribution in [0.1, 0.15) is 16.7 Å². The van der Waals surface area contributed by atoms with Crippen molar-refractivity contribution in [1.29, 1.82) is 0 Å². The number of benzene rings is 2.